The summed E-state index contributed by atoms with van der Waals surface area (Å²) < 4.78 is 37.8. The van der Waals surface area contributed by atoms with Gasteiger partial charge >= 0.3 is 0 Å². The van der Waals surface area contributed by atoms with Crippen LogP contribution in [0.1, 0.15) is 47.1 Å². The van der Waals surface area contributed by atoms with Gasteiger partial charge in [-0.15, -0.1) is 0 Å². The molecule has 0 atom stereocenters. The van der Waals surface area contributed by atoms with E-state index < -0.39 is 18.3 Å². The van der Waals surface area contributed by atoms with Crippen LogP contribution in [0.4, 0.5) is 0 Å². The lowest BCUT2D eigenvalue weighted by molar-refractivity contribution is 0.267. The molecule has 0 amide bonds. The number of hydrogen-bond donors (Lipinski definition) is 0. The van der Waals surface area contributed by atoms with Crippen molar-refractivity contribution < 1.29 is 17.6 Å². The summed E-state index contributed by atoms with van der Waals surface area (Å²) in [6, 6.07) is 5.53. The summed E-state index contributed by atoms with van der Waals surface area (Å²) in [4.78, 5) is 0. The molecule has 7 heteroatoms. The Labute approximate surface area is 164 Å². The zero-order chi connectivity index (χ0) is 20.6. The van der Waals surface area contributed by atoms with E-state index in [1.54, 1.807) is 19.4 Å². The molecule has 2 rings (SSSR count). The van der Waals surface area contributed by atoms with Gasteiger partial charge in [-0.3, -0.25) is 0 Å². The molecule has 27 heavy (non-hydrogen) atoms. The fourth-order valence-corrected chi connectivity index (χ4v) is 10.7. The fraction of sp³-hybridized carbons (Fsp3) is 0.600. The molecule has 152 valence electrons. The van der Waals surface area contributed by atoms with Crippen molar-refractivity contribution in [2.75, 3.05) is 13.4 Å². The zero-order valence-corrected chi connectivity index (χ0v) is 19.6. The molecule has 0 fully saturated rings. The van der Waals surface area contributed by atoms with E-state index in [0.717, 1.165) is 10.9 Å². The second-order valence-electron chi connectivity index (χ2n) is 8.20. The molecule has 5 nitrogen and oxygen atoms in total. The lowest BCUT2D eigenvalue weighted by Crippen LogP contribution is -2.47. The van der Waals surface area contributed by atoms with Crippen LogP contribution < -0.4 is 4.74 Å². The van der Waals surface area contributed by atoms with Crippen LogP contribution in [0.5, 0.6) is 5.75 Å². The minimum Gasteiger partial charge on any atom is -0.497 e. The first-order chi connectivity index (χ1) is 12.4. The lowest BCUT2D eigenvalue weighted by atomic mass is 10.2. The van der Waals surface area contributed by atoms with Gasteiger partial charge in [-0.25, -0.2) is 12.4 Å². The number of benzene rings is 1. The molecule has 0 N–H and O–H groups in total. The molecular weight excluding hydrogens is 378 g/mol. The van der Waals surface area contributed by atoms with Crippen molar-refractivity contribution in [2.45, 2.75) is 64.8 Å². The first kappa shape index (κ1) is 22.0. The topological polar surface area (TPSA) is 57.5 Å². The Hall–Kier alpha value is -1.31. The van der Waals surface area contributed by atoms with E-state index in [2.05, 4.69) is 41.5 Å². The average molecular weight is 412 g/mol. The second-order valence-corrected chi connectivity index (χ2v) is 15.5. The maximum absolute atomic E-state index is 12.3. The molecule has 0 aliphatic rings. The first-order valence-electron chi connectivity index (χ1n) is 9.47. The van der Waals surface area contributed by atoms with E-state index in [-0.39, 0.29) is 0 Å². The Bertz CT molecular complexity index is 878. The molecule has 0 saturated carbocycles. The monoisotopic (exact) mass is 411 g/mol. The van der Waals surface area contributed by atoms with E-state index in [0.29, 0.717) is 34.5 Å². The molecule has 1 aromatic carbocycles. The Morgan fingerprint density at radius 2 is 1.59 bits per heavy atom. The van der Waals surface area contributed by atoms with Crippen molar-refractivity contribution in [1.82, 2.24) is 3.97 Å². The molecule has 1 heterocycles. The smallest absolute Gasteiger partial charge is 0.236 e. The molecule has 0 aliphatic heterocycles. The summed E-state index contributed by atoms with van der Waals surface area (Å²) >= 11 is 0. The lowest BCUT2D eigenvalue weighted by Gasteiger charge is -2.42. The van der Waals surface area contributed by atoms with Gasteiger partial charge in [-0.05, 0) is 28.8 Å². The highest BCUT2D eigenvalue weighted by molar-refractivity contribution is 7.89. The number of aromatic nitrogens is 1. The van der Waals surface area contributed by atoms with E-state index in [1.807, 2.05) is 12.1 Å². The SMILES string of the molecule is COc1ccc2c(CO[Si](C(C)C)(C(C)C)C(C)C)cn(S(C)(=O)=O)c2c1. The van der Waals surface area contributed by atoms with Gasteiger partial charge in [0.2, 0.25) is 18.3 Å². The first-order valence-corrected chi connectivity index (χ1v) is 13.5. The minimum absolute atomic E-state index is 0.423. The molecular formula is C20H33NO4SSi. The van der Waals surface area contributed by atoms with Crippen molar-refractivity contribution in [3.8, 4) is 5.75 Å². The third-order valence-electron chi connectivity index (χ3n) is 5.60. The van der Waals surface area contributed by atoms with E-state index in [1.165, 1.54) is 10.2 Å². The Morgan fingerprint density at radius 1 is 1.04 bits per heavy atom. The molecule has 0 bridgehead atoms. The average Bonchev–Trinajstić information content (AvgIpc) is 2.92. The Kier molecular flexibility index (Phi) is 6.49. The summed E-state index contributed by atoms with van der Waals surface area (Å²) in [5.74, 6) is 0.633. The molecule has 1 aromatic heterocycles. The van der Waals surface area contributed by atoms with Gasteiger partial charge in [0.05, 0.1) is 25.5 Å². The number of ether oxygens (including phenoxy) is 1. The number of rotatable bonds is 8. The third kappa shape index (κ3) is 4.10. The van der Waals surface area contributed by atoms with Crippen LogP contribution in [0.25, 0.3) is 10.9 Å². The van der Waals surface area contributed by atoms with E-state index >= 15 is 0 Å². The largest absolute Gasteiger partial charge is 0.497 e. The number of nitrogens with zero attached hydrogens (tertiary/aromatic N) is 1. The van der Waals surface area contributed by atoms with Crippen LogP contribution in [-0.2, 0) is 21.1 Å². The van der Waals surface area contributed by atoms with Crippen molar-refractivity contribution in [1.29, 1.82) is 0 Å². The van der Waals surface area contributed by atoms with Crippen LogP contribution in [0.2, 0.25) is 16.6 Å². The van der Waals surface area contributed by atoms with E-state index in [9.17, 15) is 8.42 Å². The van der Waals surface area contributed by atoms with Crippen molar-refractivity contribution in [3.05, 3.63) is 30.0 Å². The van der Waals surface area contributed by atoms with Crippen molar-refractivity contribution >= 4 is 29.2 Å². The predicted molar refractivity (Wildman–Crippen MR) is 115 cm³/mol. The van der Waals surface area contributed by atoms with Gasteiger partial charge < -0.3 is 9.16 Å². The van der Waals surface area contributed by atoms with Crippen molar-refractivity contribution in [3.63, 3.8) is 0 Å². The maximum Gasteiger partial charge on any atom is 0.236 e. The van der Waals surface area contributed by atoms with Crippen molar-refractivity contribution in [2.24, 2.45) is 0 Å². The standard InChI is InChI=1S/C20H33NO4SSi/c1-14(2)27(15(3)4,16(5)6)25-13-17-12-21(26(8,22)23)20-11-18(24-7)9-10-19(17)20/h9-12,14-16H,13H2,1-8H3. The van der Waals surface area contributed by atoms with Crippen LogP contribution in [0.3, 0.4) is 0 Å². The van der Waals surface area contributed by atoms with Gasteiger partial charge in [-0.1, -0.05) is 41.5 Å². The summed E-state index contributed by atoms with van der Waals surface area (Å²) in [7, 11) is -3.88. The predicted octanol–water partition coefficient (Wildman–Crippen LogP) is 5.15. The quantitative estimate of drug-likeness (QED) is 0.564. The number of methoxy groups -OCH3 is 1. The van der Waals surface area contributed by atoms with Gasteiger partial charge in [0.1, 0.15) is 5.75 Å². The zero-order valence-electron chi connectivity index (χ0n) is 17.7. The van der Waals surface area contributed by atoms with Crippen LogP contribution in [0.15, 0.2) is 24.4 Å². The molecule has 0 aliphatic carbocycles. The Morgan fingerprint density at radius 3 is 2.04 bits per heavy atom. The van der Waals surface area contributed by atoms with Crippen LogP contribution in [-0.4, -0.2) is 34.1 Å². The summed E-state index contributed by atoms with van der Waals surface area (Å²) in [6.07, 6.45) is 2.91. The second kappa shape index (κ2) is 7.97. The van der Waals surface area contributed by atoms with Crippen LogP contribution >= 0.6 is 0 Å². The van der Waals surface area contributed by atoms with Gasteiger partial charge in [-0.2, -0.15) is 0 Å². The van der Waals surface area contributed by atoms with Gasteiger partial charge in [0.25, 0.3) is 0 Å². The third-order valence-corrected chi connectivity index (χ3v) is 12.7. The molecule has 0 spiro atoms. The Balaban J connectivity index is 2.53. The van der Waals surface area contributed by atoms with Crippen LogP contribution in [0, 0.1) is 0 Å². The number of hydrogen-bond acceptors (Lipinski definition) is 4. The molecule has 0 radical (unpaired) electrons. The fourth-order valence-electron chi connectivity index (χ4n) is 4.47. The molecule has 0 saturated heterocycles. The van der Waals surface area contributed by atoms with Gasteiger partial charge in [0, 0.05) is 23.2 Å². The molecule has 2 aromatic rings. The highest BCUT2D eigenvalue weighted by Crippen LogP contribution is 2.43. The molecule has 0 unspecified atom stereocenters. The summed E-state index contributed by atoms with van der Waals surface area (Å²) in [6.45, 7) is 13.9. The van der Waals surface area contributed by atoms with E-state index in [4.69, 9.17) is 9.16 Å². The maximum atomic E-state index is 12.3. The highest BCUT2D eigenvalue weighted by atomic mass is 32.2. The van der Waals surface area contributed by atoms with Gasteiger partial charge in [0.15, 0.2) is 0 Å². The normalized spacial score (nSPS) is 13.3. The minimum atomic E-state index is -3.42. The number of fused-ring (bicyclic) bond motifs is 1. The summed E-state index contributed by atoms with van der Waals surface area (Å²) in [5, 5.41) is 0.889. The summed E-state index contributed by atoms with van der Waals surface area (Å²) in [5.41, 5.74) is 2.95. The highest BCUT2D eigenvalue weighted by Gasteiger charge is 2.45.